The summed E-state index contributed by atoms with van der Waals surface area (Å²) in [5.41, 5.74) is 0.304. The fourth-order valence-electron chi connectivity index (χ4n) is 2.59. The lowest BCUT2D eigenvalue weighted by Crippen LogP contribution is -2.50. The van der Waals surface area contributed by atoms with Gasteiger partial charge in [0.15, 0.2) is 0 Å². The molecule has 9 heteroatoms. The van der Waals surface area contributed by atoms with Gasteiger partial charge in [-0.15, -0.1) is 11.3 Å². The Bertz CT molecular complexity index is 942. The van der Waals surface area contributed by atoms with Gasteiger partial charge in [-0.1, -0.05) is 6.07 Å². The van der Waals surface area contributed by atoms with Crippen molar-refractivity contribution in [2.24, 2.45) is 0 Å². The van der Waals surface area contributed by atoms with Crippen molar-refractivity contribution in [3.63, 3.8) is 0 Å². The maximum atomic E-state index is 12.7. The van der Waals surface area contributed by atoms with Gasteiger partial charge in [0.05, 0.1) is 25.2 Å². The van der Waals surface area contributed by atoms with Crippen LogP contribution in [0.15, 0.2) is 45.1 Å². The summed E-state index contributed by atoms with van der Waals surface area (Å²) in [6.45, 7) is 1.14. The number of nitrogens with zero attached hydrogens (tertiary/aromatic N) is 3. The van der Waals surface area contributed by atoms with Crippen LogP contribution >= 0.6 is 27.3 Å². The first-order valence-corrected chi connectivity index (χ1v) is 10.5. The Morgan fingerprint density at radius 1 is 1.16 bits per heavy atom. The minimum absolute atomic E-state index is 0.0841. The lowest BCUT2D eigenvalue weighted by atomic mass is 10.2. The van der Waals surface area contributed by atoms with Gasteiger partial charge in [-0.05, 0) is 46.3 Å². The Kier molecular flexibility index (Phi) is 5.24. The van der Waals surface area contributed by atoms with E-state index in [1.54, 1.807) is 23.1 Å². The number of carbonyl (C=O) groups excluding carboxylic acids is 1. The van der Waals surface area contributed by atoms with Gasteiger partial charge in [-0.25, -0.2) is 8.42 Å². The van der Waals surface area contributed by atoms with Crippen molar-refractivity contribution in [2.75, 3.05) is 26.2 Å². The lowest BCUT2D eigenvalue weighted by Gasteiger charge is -2.33. The van der Waals surface area contributed by atoms with Gasteiger partial charge in [0.1, 0.15) is 0 Å². The van der Waals surface area contributed by atoms with Crippen LogP contribution in [0.4, 0.5) is 0 Å². The highest BCUT2D eigenvalue weighted by Gasteiger charge is 2.30. The molecule has 1 saturated heterocycles. The molecule has 1 aliphatic heterocycles. The summed E-state index contributed by atoms with van der Waals surface area (Å²) < 4.78 is 27.7. The largest absolute Gasteiger partial charge is 0.335 e. The number of hydrogen-bond acceptors (Lipinski definition) is 5. The van der Waals surface area contributed by atoms with Gasteiger partial charge >= 0.3 is 0 Å². The number of thiophene rings is 1. The highest BCUT2D eigenvalue weighted by atomic mass is 79.9. The minimum atomic E-state index is -3.66. The third-order valence-electron chi connectivity index (χ3n) is 3.91. The topological polar surface area (TPSA) is 81.5 Å². The van der Waals surface area contributed by atoms with E-state index in [0.717, 1.165) is 3.79 Å². The van der Waals surface area contributed by atoms with E-state index < -0.39 is 10.0 Å². The number of halogens is 1. The zero-order chi connectivity index (χ0) is 18.0. The molecule has 0 atom stereocenters. The van der Waals surface area contributed by atoms with E-state index in [-0.39, 0.29) is 23.9 Å². The molecular weight excluding hydrogens is 426 g/mol. The van der Waals surface area contributed by atoms with Crippen molar-refractivity contribution < 1.29 is 13.2 Å². The smallest absolute Gasteiger partial charge is 0.264 e. The highest BCUT2D eigenvalue weighted by Crippen LogP contribution is 2.24. The average Bonchev–Trinajstić information content (AvgIpc) is 3.07. The van der Waals surface area contributed by atoms with E-state index in [9.17, 15) is 13.2 Å². The standard InChI is InChI=1S/C16H14BrN3O3S2/c17-15-5-4-14(24-15)16(21)19-6-8-20(9-7-19)25(22,23)13-3-1-2-12(10-13)11-18/h1-5,10H,6-9H2. The van der Waals surface area contributed by atoms with E-state index in [2.05, 4.69) is 15.9 Å². The number of sulfonamides is 1. The number of carbonyl (C=O) groups is 1. The predicted molar refractivity (Wildman–Crippen MR) is 97.8 cm³/mol. The highest BCUT2D eigenvalue weighted by molar-refractivity contribution is 9.11. The molecule has 25 heavy (non-hydrogen) atoms. The first kappa shape index (κ1) is 18.1. The number of benzene rings is 1. The molecule has 1 aromatic carbocycles. The number of rotatable bonds is 3. The number of hydrogen-bond donors (Lipinski definition) is 0. The fraction of sp³-hybridized carbons (Fsp3) is 0.250. The van der Waals surface area contributed by atoms with Gasteiger partial charge in [0, 0.05) is 26.2 Å². The summed E-state index contributed by atoms with van der Waals surface area (Å²) in [4.78, 5) is 14.8. The van der Waals surface area contributed by atoms with Crippen LogP contribution < -0.4 is 0 Å². The van der Waals surface area contributed by atoms with Crippen LogP contribution in [0.5, 0.6) is 0 Å². The molecule has 6 nitrogen and oxygen atoms in total. The molecule has 1 amide bonds. The Morgan fingerprint density at radius 2 is 1.88 bits per heavy atom. The van der Waals surface area contributed by atoms with Gasteiger partial charge < -0.3 is 4.90 Å². The lowest BCUT2D eigenvalue weighted by molar-refractivity contribution is 0.0703. The zero-order valence-corrected chi connectivity index (χ0v) is 16.3. The molecule has 1 fully saturated rings. The van der Waals surface area contributed by atoms with Crippen LogP contribution in [-0.2, 0) is 10.0 Å². The molecule has 0 bridgehead atoms. The van der Waals surface area contributed by atoms with E-state index in [4.69, 9.17) is 5.26 Å². The summed E-state index contributed by atoms with van der Waals surface area (Å²) in [5.74, 6) is -0.0841. The van der Waals surface area contributed by atoms with Crippen LogP contribution in [0.1, 0.15) is 15.2 Å². The summed E-state index contributed by atoms with van der Waals surface area (Å²) in [6.07, 6.45) is 0. The van der Waals surface area contributed by atoms with Crippen LogP contribution in [-0.4, -0.2) is 49.7 Å². The third kappa shape index (κ3) is 3.77. The minimum Gasteiger partial charge on any atom is -0.335 e. The maximum absolute atomic E-state index is 12.7. The number of piperazine rings is 1. The number of nitriles is 1. The molecule has 0 N–H and O–H groups in total. The predicted octanol–water partition coefficient (Wildman–Crippen LogP) is 2.53. The fourth-order valence-corrected chi connectivity index (χ4v) is 5.41. The molecule has 130 valence electrons. The molecule has 0 unspecified atom stereocenters. The van der Waals surface area contributed by atoms with Gasteiger partial charge in [-0.3, -0.25) is 4.79 Å². The molecule has 0 saturated carbocycles. The summed E-state index contributed by atoms with van der Waals surface area (Å²) in [6, 6.07) is 11.5. The second-order valence-electron chi connectivity index (χ2n) is 5.44. The SMILES string of the molecule is N#Cc1cccc(S(=O)(=O)N2CCN(C(=O)c3ccc(Br)s3)CC2)c1. The van der Waals surface area contributed by atoms with E-state index in [0.29, 0.717) is 23.5 Å². The molecule has 1 aliphatic rings. The van der Waals surface area contributed by atoms with Crippen molar-refractivity contribution in [3.05, 3.63) is 50.6 Å². The van der Waals surface area contributed by atoms with E-state index >= 15 is 0 Å². The first-order valence-electron chi connectivity index (χ1n) is 7.47. The molecule has 0 radical (unpaired) electrons. The normalized spacial score (nSPS) is 15.8. The van der Waals surface area contributed by atoms with Gasteiger partial charge in [0.25, 0.3) is 5.91 Å². The summed E-state index contributed by atoms with van der Waals surface area (Å²) >= 11 is 4.69. The van der Waals surface area contributed by atoms with Crippen molar-refractivity contribution in [1.82, 2.24) is 9.21 Å². The van der Waals surface area contributed by atoms with E-state index in [1.807, 2.05) is 12.1 Å². The third-order valence-corrected chi connectivity index (χ3v) is 7.42. The Balaban J connectivity index is 1.71. The van der Waals surface area contributed by atoms with E-state index in [1.165, 1.54) is 27.8 Å². The second kappa shape index (κ2) is 7.25. The molecule has 1 aromatic heterocycles. The van der Waals surface area contributed by atoms with Gasteiger partial charge in [0.2, 0.25) is 10.0 Å². The van der Waals surface area contributed by atoms with Crippen molar-refractivity contribution in [1.29, 1.82) is 5.26 Å². The molecule has 2 aromatic rings. The zero-order valence-electron chi connectivity index (χ0n) is 13.1. The van der Waals surface area contributed by atoms with Crippen LogP contribution in [0.2, 0.25) is 0 Å². The average molecular weight is 440 g/mol. The number of amides is 1. The first-order chi connectivity index (χ1) is 11.9. The molecule has 2 heterocycles. The monoisotopic (exact) mass is 439 g/mol. The maximum Gasteiger partial charge on any atom is 0.264 e. The summed E-state index contributed by atoms with van der Waals surface area (Å²) in [7, 11) is -3.66. The quantitative estimate of drug-likeness (QED) is 0.735. The molecule has 0 spiro atoms. The van der Waals surface area contributed by atoms with Crippen LogP contribution in [0.25, 0.3) is 0 Å². The molecule has 0 aliphatic carbocycles. The van der Waals surface area contributed by atoms with Crippen LogP contribution in [0, 0.1) is 11.3 Å². The van der Waals surface area contributed by atoms with Crippen molar-refractivity contribution in [3.8, 4) is 6.07 Å². The molecule has 3 rings (SSSR count). The molecular formula is C16H14BrN3O3S2. The Morgan fingerprint density at radius 3 is 2.48 bits per heavy atom. The Hall–Kier alpha value is -1.73. The summed E-state index contributed by atoms with van der Waals surface area (Å²) in [5, 5.41) is 8.94. The second-order valence-corrected chi connectivity index (χ2v) is 9.84. The van der Waals surface area contributed by atoms with Crippen LogP contribution in [0.3, 0.4) is 0 Å². The van der Waals surface area contributed by atoms with Crippen molar-refractivity contribution in [2.45, 2.75) is 4.90 Å². The Labute approximate surface area is 158 Å². The van der Waals surface area contributed by atoms with Crippen molar-refractivity contribution >= 4 is 43.2 Å². The van der Waals surface area contributed by atoms with Gasteiger partial charge in [-0.2, -0.15) is 9.57 Å².